The molecular formula is C11H19N3O2S2. The first-order valence-electron chi connectivity index (χ1n) is 6.11. The fourth-order valence-corrected chi connectivity index (χ4v) is 4.65. The van der Waals surface area contributed by atoms with E-state index in [9.17, 15) is 8.42 Å². The van der Waals surface area contributed by atoms with Gasteiger partial charge in [-0.05, 0) is 12.3 Å². The van der Waals surface area contributed by atoms with Gasteiger partial charge in [-0.1, -0.05) is 25.6 Å². The summed E-state index contributed by atoms with van der Waals surface area (Å²) >= 11 is 1.67. The Balaban J connectivity index is 2.11. The summed E-state index contributed by atoms with van der Waals surface area (Å²) in [5.74, 6) is 2.91. The fourth-order valence-electron chi connectivity index (χ4n) is 2.05. The third-order valence-corrected chi connectivity index (χ3v) is 6.23. The molecule has 0 saturated carbocycles. The molecule has 1 aliphatic heterocycles. The zero-order valence-corrected chi connectivity index (χ0v) is 12.6. The van der Waals surface area contributed by atoms with E-state index in [4.69, 9.17) is 0 Å². The van der Waals surface area contributed by atoms with Crippen molar-refractivity contribution in [1.29, 1.82) is 0 Å². The maximum absolute atomic E-state index is 11.5. The average molecular weight is 289 g/mol. The van der Waals surface area contributed by atoms with Crippen LogP contribution in [-0.4, -0.2) is 40.4 Å². The van der Waals surface area contributed by atoms with Crippen molar-refractivity contribution in [3.63, 3.8) is 0 Å². The molecule has 1 aliphatic rings. The van der Waals surface area contributed by atoms with Crippen LogP contribution in [-0.2, 0) is 16.9 Å². The molecule has 1 aromatic rings. The third kappa shape index (κ3) is 3.06. The summed E-state index contributed by atoms with van der Waals surface area (Å²) in [6.07, 6.45) is 0.670. The summed E-state index contributed by atoms with van der Waals surface area (Å²) in [4.78, 5) is 0. The molecule has 1 aromatic heterocycles. The Morgan fingerprint density at radius 1 is 1.44 bits per heavy atom. The molecule has 0 bridgehead atoms. The molecule has 7 heteroatoms. The van der Waals surface area contributed by atoms with E-state index in [0.29, 0.717) is 12.3 Å². The summed E-state index contributed by atoms with van der Waals surface area (Å²) in [7, 11) is -0.945. The van der Waals surface area contributed by atoms with Crippen molar-refractivity contribution in [2.24, 2.45) is 13.0 Å². The van der Waals surface area contributed by atoms with Gasteiger partial charge in [-0.25, -0.2) is 8.42 Å². The highest BCUT2D eigenvalue weighted by Crippen LogP contribution is 2.29. The molecule has 0 N–H and O–H groups in total. The molecule has 1 fully saturated rings. The highest BCUT2D eigenvalue weighted by atomic mass is 32.2. The topological polar surface area (TPSA) is 64.8 Å². The van der Waals surface area contributed by atoms with Gasteiger partial charge in [-0.3, -0.25) is 0 Å². The smallest absolute Gasteiger partial charge is 0.190 e. The highest BCUT2D eigenvalue weighted by Gasteiger charge is 2.32. The molecule has 1 atom stereocenters. The van der Waals surface area contributed by atoms with Gasteiger partial charge in [-0.15, -0.1) is 10.2 Å². The minimum atomic E-state index is -2.86. The Labute approximate surface area is 112 Å². The second kappa shape index (κ2) is 5.21. The van der Waals surface area contributed by atoms with Crippen LogP contribution < -0.4 is 0 Å². The standard InChI is InChI=1S/C11H19N3O2S2/c1-8(2)6-17-11-13-12-10(14(11)3)9-4-5-18(15,16)7-9/h8-9H,4-7H2,1-3H3/t9-/m0/s1. The first-order chi connectivity index (χ1) is 8.39. The van der Waals surface area contributed by atoms with Crippen LogP contribution in [0.25, 0.3) is 0 Å². The molecule has 0 aliphatic carbocycles. The second-order valence-electron chi connectivity index (χ2n) is 5.20. The van der Waals surface area contributed by atoms with Gasteiger partial charge in [0.25, 0.3) is 0 Å². The molecule has 2 rings (SSSR count). The van der Waals surface area contributed by atoms with Gasteiger partial charge in [0.05, 0.1) is 11.5 Å². The lowest BCUT2D eigenvalue weighted by atomic mass is 10.1. The summed E-state index contributed by atoms with van der Waals surface area (Å²) in [5.41, 5.74) is 0. The quantitative estimate of drug-likeness (QED) is 0.785. The molecule has 102 valence electrons. The van der Waals surface area contributed by atoms with Crippen molar-refractivity contribution in [3.8, 4) is 0 Å². The van der Waals surface area contributed by atoms with E-state index in [1.165, 1.54) is 0 Å². The number of nitrogens with zero attached hydrogens (tertiary/aromatic N) is 3. The van der Waals surface area contributed by atoms with Crippen molar-refractivity contribution >= 4 is 21.6 Å². The summed E-state index contributed by atoms with van der Waals surface area (Å²) < 4.78 is 24.9. The number of sulfone groups is 1. The van der Waals surface area contributed by atoms with Crippen LogP contribution in [0.4, 0.5) is 0 Å². The Morgan fingerprint density at radius 2 is 2.17 bits per heavy atom. The molecule has 18 heavy (non-hydrogen) atoms. The van der Waals surface area contributed by atoms with Crippen molar-refractivity contribution in [1.82, 2.24) is 14.8 Å². The molecule has 0 unspecified atom stereocenters. The second-order valence-corrected chi connectivity index (χ2v) is 8.42. The first kappa shape index (κ1) is 13.9. The Morgan fingerprint density at radius 3 is 2.72 bits per heavy atom. The Hall–Kier alpha value is -0.560. The molecule has 0 aromatic carbocycles. The summed E-state index contributed by atoms with van der Waals surface area (Å²) in [5, 5.41) is 9.21. The lowest BCUT2D eigenvalue weighted by Gasteiger charge is -2.08. The molecule has 2 heterocycles. The van der Waals surface area contributed by atoms with Crippen LogP contribution in [0.3, 0.4) is 0 Å². The lowest BCUT2D eigenvalue weighted by Crippen LogP contribution is -2.09. The van der Waals surface area contributed by atoms with Crippen molar-refractivity contribution < 1.29 is 8.42 Å². The number of hydrogen-bond donors (Lipinski definition) is 0. The van der Waals surface area contributed by atoms with Gasteiger partial charge in [-0.2, -0.15) is 0 Å². The summed E-state index contributed by atoms with van der Waals surface area (Å²) in [6, 6.07) is 0. The number of thioether (sulfide) groups is 1. The normalized spacial score (nSPS) is 22.8. The predicted molar refractivity (Wildman–Crippen MR) is 72.6 cm³/mol. The van der Waals surface area contributed by atoms with E-state index in [1.54, 1.807) is 11.8 Å². The van der Waals surface area contributed by atoms with E-state index in [-0.39, 0.29) is 17.4 Å². The Bertz CT molecular complexity index is 522. The highest BCUT2D eigenvalue weighted by molar-refractivity contribution is 7.99. The van der Waals surface area contributed by atoms with Gasteiger partial charge < -0.3 is 4.57 Å². The molecule has 0 radical (unpaired) electrons. The maximum atomic E-state index is 11.5. The zero-order chi connectivity index (χ0) is 13.3. The van der Waals surface area contributed by atoms with E-state index in [0.717, 1.165) is 16.7 Å². The van der Waals surface area contributed by atoms with Crippen molar-refractivity contribution in [2.75, 3.05) is 17.3 Å². The van der Waals surface area contributed by atoms with Crippen LogP contribution in [0.15, 0.2) is 5.16 Å². The largest absolute Gasteiger partial charge is 0.309 e. The molecule has 0 spiro atoms. The predicted octanol–water partition coefficient (Wildman–Crippen LogP) is 1.47. The zero-order valence-electron chi connectivity index (χ0n) is 11.0. The molecule has 1 saturated heterocycles. The van der Waals surface area contributed by atoms with Crippen LogP contribution >= 0.6 is 11.8 Å². The van der Waals surface area contributed by atoms with Gasteiger partial charge in [0, 0.05) is 18.7 Å². The molecule has 0 amide bonds. The van der Waals surface area contributed by atoms with Crippen molar-refractivity contribution in [2.45, 2.75) is 31.3 Å². The van der Waals surface area contributed by atoms with Gasteiger partial charge in [0.2, 0.25) is 0 Å². The van der Waals surface area contributed by atoms with Crippen LogP contribution in [0, 0.1) is 5.92 Å². The van der Waals surface area contributed by atoms with E-state index < -0.39 is 9.84 Å². The van der Waals surface area contributed by atoms with E-state index in [2.05, 4.69) is 24.0 Å². The minimum absolute atomic E-state index is 0.0147. The van der Waals surface area contributed by atoms with Gasteiger partial charge in [0.15, 0.2) is 15.0 Å². The third-order valence-electron chi connectivity index (χ3n) is 3.01. The lowest BCUT2D eigenvalue weighted by molar-refractivity contribution is 0.599. The van der Waals surface area contributed by atoms with Gasteiger partial charge >= 0.3 is 0 Å². The van der Waals surface area contributed by atoms with Crippen LogP contribution in [0.2, 0.25) is 0 Å². The molecular weight excluding hydrogens is 270 g/mol. The summed E-state index contributed by atoms with van der Waals surface area (Å²) in [6.45, 7) is 4.32. The van der Waals surface area contributed by atoms with Crippen LogP contribution in [0.5, 0.6) is 0 Å². The Kier molecular flexibility index (Phi) is 4.01. The monoisotopic (exact) mass is 289 g/mol. The van der Waals surface area contributed by atoms with E-state index in [1.807, 2.05) is 11.6 Å². The maximum Gasteiger partial charge on any atom is 0.190 e. The van der Waals surface area contributed by atoms with Gasteiger partial charge in [0.1, 0.15) is 5.82 Å². The first-order valence-corrected chi connectivity index (χ1v) is 8.92. The van der Waals surface area contributed by atoms with Crippen LogP contribution in [0.1, 0.15) is 32.0 Å². The molecule has 5 nitrogen and oxygen atoms in total. The number of hydrogen-bond acceptors (Lipinski definition) is 5. The van der Waals surface area contributed by atoms with Crippen molar-refractivity contribution in [3.05, 3.63) is 5.82 Å². The minimum Gasteiger partial charge on any atom is -0.309 e. The number of aromatic nitrogens is 3. The average Bonchev–Trinajstić information content (AvgIpc) is 2.79. The van der Waals surface area contributed by atoms with E-state index >= 15 is 0 Å². The number of rotatable bonds is 4. The SMILES string of the molecule is CC(C)CSc1nnc([C@H]2CCS(=O)(=O)C2)n1C. The fraction of sp³-hybridized carbons (Fsp3) is 0.818.